The van der Waals surface area contributed by atoms with Crippen molar-refractivity contribution in [3.63, 3.8) is 0 Å². The van der Waals surface area contributed by atoms with E-state index in [0.717, 1.165) is 19.0 Å². The first-order valence-corrected chi connectivity index (χ1v) is 10.2. The Balaban J connectivity index is 1.96. The molecule has 0 aliphatic heterocycles. The van der Waals surface area contributed by atoms with Gasteiger partial charge in [-0.1, -0.05) is 15.9 Å². The van der Waals surface area contributed by atoms with E-state index in [1.54, 1.807) is 18.2 Å². The third-order valence-electron chi connectivity index (χ3n) is 3.20. The van der Waals surface area contributed by atoms with Crippen molar-refractivity contribution in [1.29, 1.82) is 0 Å². The molecular weight excluding hydrogens is 564 g/mol. The summed E-state index contributed by atoms with van der Waals surface area (Å²) in [5, 5.41) is 14.4. The number of amides is 1. The number of aliphatic carboxylic acids is 1. The van der Waals surface area contributed by atoms with E-state index in [1.165, 1.54) is 6.21 Å². The fourth-order valence-electron chi connectivity index (χ4n) is 2.06. The van der Waals surface area contributed by atoms with Crippen molar-refractivity contribution in [2.24, 2.45) is 5.10 Å². The fourth-order valence-corrected chi connectivity index (χ4v) is 4.08. The van der Waals surface area contributed by atoms with Gasteiger partial charge in [0.1, 0.15) is 18.1 Å². The monoisotopic (exact) mass is 575 g/mol. The van der Waals surface area contributed by atoms with E-state index in [1.807, 2.05) is 19.1 Å². The van der Waals surface area contributed by atoms with Crippen LogP contribution in [0.15, 0.2) is 48.9 Å². The second kappa shape index (κ2) is 10.6. The first kappa shape index (κ1) is 22.4. The molecule has 0 unspecified atom stereocenters. The molecule has 0 aromatic heterocycles. The number of carboxylic acids is 1. The standard InChI is InChI=1S/C18H15Br3N2O5/c1-10-4-13(20)18(14(21)5-10)28-8-16(24)23-22-7-11-6-12(19)2-3-15(11)27-9-17(25)26/h2-7H,8-9H2,1H3,(H,23,24)(H,25,26)/p-1. The molecule has 1 N–H and O–H groups in total. The Morgan fingerprint density at radius 3 is 2.43 bits per heavy atom. The molecule has 0 bridgehead atoms. The summed E-state index contributed by atoms with van der Waals surface area (Å²) in [5.41, 5.74) is 3.84. The van der Waals surface area contributed by atoms with Gasteiger partial charge in [-0.15, -0.1) is 0 Å². The normalized spacial score (nSPS) is 10.7. The number of aryl methyl sites for hydroxylation is 1. The minimum absolute atomic E-state index is 0.246. The molecule has 2 aromatic carbocycles. The number of nitrogens with zero attached hydrogens (tertiary/aromatic N) is 1. The van der Waals surface area contributed by atoms with Crippen LogP contribution in [-0.2, 0) is 9.59 Å². The van der Waals surface area contributed by atoms with Gasteiger partial charge >= 0.3 is 0 Å². The van der Waals surface area contributed by atoms with Crippen molar-refractivity contribution in [3.8, 4) is 11.5 Å². The maximum Gasteiger partial charge on any atom is 0.277 e. The van der Waals surface area contributed by atoms with Gasteiger partial charge in [-0.25, -0.2) is 5.43 Å². The van der Waals surface area contributed by atoms with Gasteiger partial charge in [0.05, 0.1) is 21.1 Å². The minimum atomic E-state index is -1.34. The zero-order chi connectivity index (χ0) is 20.7. The lowest BCUT2D eigenvalue weighted by atomic mass is 10.2. The molecule has 0 atom stereocenters. The van der Waals surface area contributed by atoms with Crippen LogP contribution in [0.3, 0.4) is 0 Å². The molecule has 10 heteroatoms. The molecule has 0 spiro atoms. The summed E-state index contributed by atoms with van der Waals surface area (Å²) in [7, 11) is 0. The first-order valence-electron chi connectivity index (χ1n) is 7.79. The largest absolute Gasteiger partial charge is 0.546 e. The topological polar surface area (TPSA) is 100 Å². The van der Waals surface area contributed by atoms with E-state index in [4.69, 9.17) is 9.47 Å². The Kier molecular flexibility index (Phi) is 8.46. The van der Waals surface area contributed by atoms with Gasteiger partial charge in [0.25, 0.3) is 5.91 Å². The van der Waals surface area contributed by atoms with Crippen molar-refractivity contribution < 1.29 is 24.2 Å². The quantitative estimate of drug-likeness (QED) is 0.384. The van der Waals surface area contributed by atoms with Crippen LogP contribution in [0.2, 0.25) is 0 Å². The predicted molar refractivity (Wildman–Crippen MR) is 112 cm³/mol. The molecule has 0 fully saturated rings. The number of ether oxygens (including phenoxy) is 2. The van der Waals surface area contributed by atoms with E-state index < -0.39 is 18.5 Å². The lowest BCUT2D eigenvalue weighted by molar-refractivity contribution is -0.307. The van der Waals surface area contributed by atoms with E-state index in [-0.39, 0.29) is 12.4 Å². The van der Waals surface area contributed by atoms with E-state index in [9.17, 15) is 14.7 Å². The number of rotatable bonds is 8. The number of carbonyl (C=O) groups is 2. The summed E-state index contributed by atoms with van der Waals surface area (Å²) in [4.78, 5) is 22.5. The second-order valence-corrected chi connectivity index (χ2v) is 8.11. The number of carbonyl (C=O) groups excluding carboxylic acids is 2. The number of hydrogen-bond donors (Lipinski definition) is 1. The van der Waals surface area contributed by atoms with Crippen molar-refractivity contribution in [2.45, 2.75) is 6.92 Å². The van der Waals surface area contributed by atoms with Crippen molar-refractivity contribution in [1.82, 2.24) is 5.43 Å². The summed E-state index contributed by atoms with van der Waals surface area (Å²) in [6.07, 6.45) is 1.34. The molecule has 0 radical (unpaired) electrons. The van der Waals surface area contributed by atoms with Crippen molar-refractivity contribution >= 4 is 65.9 Å². The van der Waals surface area contributed by atoms with Gasteiger partial charge in [0.2, 0.25) is 0 Å². The zero-order valence-electron chi connectivity index (χ0n) is 14.5. The molecule has 7 nitrogen and oxygen atoms in total. The molecule has 0 heterocycles. The summed E-state index contributed by atoms with van der Waals surface area (Å²) in [5.74, 6) is -1.02. The molecule has 2 rings (SSSR count). The maximum absolute atomic E-state index is 12.0. The summed E-state index contributed by atoms with van der Waals surface area (Å²) >= 11 is 10.1. The van der Waals surface area contributed by atoms with Crippen molar-refractivity contribution in [2.75, 3.05) is 13.2 Å². The van der Waals surface area contributed by atoms with Gasteiger partial charge in [-0.2, -0.15) is 5.10 Å². The van der Waals surface area contributed by atoms with Crippen LogP contribution in [0.5, 0.6) is 11.5 Å². The molecule has 0 saturated heterocycles. The van der Waals surface area contributed by atoms with Gasteiger partial charge in [0, 0.05) is 10.0 Å². The molecule has 0 aliphatic rings. The lowest BCUT2D eigenvalue weighted by Gasteiger charge is -2.11. The molecular formula is C18H14Br3N2O5-. The maximum atomic E-state index is 12.0. The van der Waals surface area contributed by atoms with E-state index in [2.05, 4.69) is 58.3 Å². The van der Waals surface area contributed by atoms with E-state index in [0.29, 0.717) is 11.3 Å². The summed E-state index contributed by atoms with van der Waals surface area (Å²) < 4.78 is 12.8. The summed E-state index contributed by atoms with van der Waals surface area (Å²) in [6.45, 7) is 1.10. The highest BCUT2D eigenvalue weighted by atomic mass is 79.9. The Morgan fingerprint density at radius 2 is 1.79 bits per heavy atom. The molecule has 0 aliphatic carbocycles. The second-order valence-electron chi connectivity index (χ2n) is 5.48. The Morgan fingerprint density at radius 1 is 1.11 bits per heavy atom. The number of halogens is 3. The zero-order valence-corrected chi connectivity index (χ0v) is 19.3. The number of nitrogens with one attached hydrogen (secondary N) is 1. The van der Waals surface area contributed by atoms with Gasteiger partial charge < -0.3 is 19.4 Å². The van der Waals surface area contributed by atoms with Gasteiger partial charge in [0.15, 0.2) is 6.61 Å². The highest BCUT2D eigenvalue weighted by molar-refractivity contribution is 9.11. The van der Waals surface area contributed by atoms with Crippen LogP contribution in [0.25, 0.3) is 0 Å². The molecule has 28 heavy (non-hydrogen) atoms. The summed E-state index contributed by atoms with van der Waals surface area (Å²) in [6, 6.07) is 8.67. The Labute approximate surface area is 186 Å². The molecule has 1 amide bonds. The SMILES string of the molecule is Cc1cc(Br)c(OCC(=O)NN=Cc2cc(Br)ccc2OCC(=O)[O-])c(Br)c1. The molecule has 2 aromatic rings. The minimum Gasteiger partial charge on any atom is -0.546 e. The average molecular weight is 578 g/mol. The van der Waals surface area contributed by atoms with Crippen LogP contribution < -0.4 is 20.0 Å². The van der Waals surface area contributed by atoms with Crippen molar-refractivity contribution in [3.05, 3.63) is 54.9 Å². The number of hydrazone groups is 1. The lowest BCUT2D eigenvalue weighted by Crippen LogP contribution is -2.29. The molecule has 0 saturated carbocycles. The number of carboxylic acid groups (broad SMARTS) is 1. The van der Waals surface area contributed by atoms with E-state index >= 15 is 0 Å². The highest BCUT2D eigenvalue weighted by Crippen LogP contribution is 2.34. The highest BCUT2D eigenvalue weighted by Gasteiger charge is 2.10. The van der Waals surface area contributed by atoms with Crippen LogP contribution in [0.1, 0.15) is 11.1 Å². The predicted octanol–water partition coefficient (Wildman–Crippen LogP) is 2.94. The van der Waals surface area contributed by atoms with Crippen LogP contribution in [-0.4, -0.2) is 31.3 Å². The fraction of sp³-hybridized carbons (Fsp3) is 0.167. The number of hydrogen-bond acceptors (Lipinski definition) is 6. The first-order chi connectivity index (χ1) is 13.3. The van der Waals surface area contributed by atoms with Crippen LogP contribution >= 0.6 is 47.8 Å². The number of benzene rings is 2. The average Bonchev–Trinajstić information content (AvgIpc) is 2.60. The van der Waals surface area contributed by atoms with Crippen LogP contribution in [0.4, 0.5) is 0 Å². The Bertz CT molecular complexity index is 895. The van der Waals surface area contributed by atoms with Crippen LogP contribution in [0, 0.1) is 6.92 Å². The third kappa shape index (κ3) is 6.92. The molecule has 148 valence electrons. The Hall–Kier alpha value is -1.91. The smallest absolute Gasteiger partial charge is 0.277 e. The third-order valence-corrected chi connectivity index (χ3v) is 4.87. The van der Waals surface area contributed by atoms with Gasteiger partial charge in [-0.3, -0.25) is 4.79 Å². The van der Waals surface area contributed by atoms with Gasteiger partial charge in [-0.05, 0) is 74.7 Å².